The van der Waals surface area contributed by atoms with Gasteiger partial charge in [-0.15, -0.1) is 11.3 Å². The number of benzene rings is 1. The highest BCUT2D eigenvalue weighted by atomic mass is 32.2. The predicted octanol–water partition coefficient (Wildman–Crippen LogP) is 2.31. The first-order chi connectivity index (χ1) is 12.5. The highest BCUT2D eigenvalue weighted by Crippen LogP contribution is 2.30. The molecule has 1 aromatic carbocycles. The summed E-state index contributed by atoms with van der Waals surface area (Å²) < 4.78 is 37.8. The molecular formula is C18H24N2O4S2. The Morgan fingerprint density at radius 2 is 1.77 bits per heavy atom. The minimum absolute atomic E-state index is 0.238. The highest BCUT2D eigenvalue weighted by molar-refractivity contribution is 7.89. The topological polar surface area (TPSA) is 59.1 Å². The van der Waals surface area contributed by atoms with Crippen LogP contribution in [0.4, 0.5) is 0 Å². The van der Waals surface area contributed by atoms with Crippen LogP contribution < -0.4 is 9.47 Å². The monoisotopic (exact) mass is 396 g/mol. The van der Waals surface area contributed by atoms with Gasteiger partial charge in [-0.1, -0.05) is 6.07 Å². The summed E-state index contributed by atoms with van der Waals surface area (Å²) in [4.78, 5) is 3.92. The Kier molecular flexibility index (Phi) is 6.18. The summed E-state index contributed by atoms with van der Waals surface area (Å²) in [6, 6.07) is 8.93. The molecule has 0 radical (unpaired) electrons. The van der Waals surface area contributed by atoms with Crippen LogP contribution in [0.3, 0.4) is 0 Å². The second kappa shape index (κ2) is 8.39. The molecule has 0 aliphatic carbocycles. The number of hydrogen-bond donors (Lipinski definition) is 0. The number of rotatable bonds is 7. The molecule has 1 aromatic heterocycles. The van der Waals surface area contributed by atoms with Crippen LogP contribution in [0.15, 0.2) is 40.6 Å². The molecule has 0 saturated carbocycles. The Morgan fingerprint density at radius 3 is 2.38 bits per heavy atom. The minimum Gasteiger partial charge on any atom is -0.493 e. The Labute approximate surface area is 159 Å². The number of sulfonamides is 1. The average molecular weight is 397 g/mol. The lowest BCUT2D eigenvalue weighted by atomic mass is 10.3. The molecule has 2 aromatic rings. The van der Waals surface area contributed by atoms with Crippen LogP contribution in [-0.2, 0) is 16.4 Å². The Morgan fingerprint density at radius 1 is 1.04 bits per heavy atom. The fourth-order valence-electron chi connectivity index (χ4n) is 3.04. The van der Waals surface area contributed by atoms with Crippen LogP contribution >= 0.6 is 11.3 Å². The van der Waals surface area contributed by atoms with Crippen LogP contribution in [0, 0.1) is 0 Å². The van der Waals surface area contributed by atoms with Gasteiger partial charge in [0.15, 0.2) is 11.5 Å². The smallest absolute Gasteiger partial charge is 0.243 e. The van der Waals surface area contributed by atoms with E-state index in [-0.39, 0.29) is 4.90 Å². The molecule has 0 spiro atoms. The molecule has 2 heterocycles. The quantitative estimate of drug-likeness (QED) is 0.719. The van der Waals surface area contributed by atoms with Crippen molar-refractivity contribution in [1.29, 1.82) is 0 Å². The van der Waals surface area contributed by atoms with Gasteiger partial charge in [-0.2, -0.15) is 4.31 Å². The standard InChI is InChI=1S/C18H24N2O4S2/c1-23-17-6-5-16(14-18(17)24-2)26(21,22)20-11-9-19(10-12-20)8-7-15-4-3-13-25-15/h3-6,13-14H,7-12H2,1-2H3. The summed E-state index contributed by atoms with van der Waals surface area (Å²) in [7, 11) is -0.498. The normalized spacial score (nSPS) is 16.5. The third-order valence-corrected chi connectivity index (χ3v) is 7.41. The van der Waals surface area contributed by atoms with Crippen molar-refractivity contribution in [3.8, 4) is 11.5 Å². The van der Waals surface area contributed by atoms with Gasteiger partial charge in [0.25, 0.3) is 0 Å². The van der Waals surface area contributed by atoms with E-state index in [0.717, 1.165) is 26.1 Å². The summed E-state index contributed by atoms with van der Waals surface area (Å²) in [5.74, 6) is 0.938. The second-order valence-corrected chi connectivity index (χ2v) is 9.06. The van der Waals surface area contributed by atoms with E-state index in [1.54, 1.807) is 27.8 Å². The lowest BCUT2D eigenvalue weighted by Gasteiger charge is -2.34. The van der Waals surface area contributed by atoms with Crippen molar-refractivity contribution in [2.45, 2.75) is 11.3 Å². The van der Waals surface area contributed by atoms with Gasteiger partial charge in [-0.05, 0) is 30.0 Å². The number of thiophene rings is 1. The molecule has 8 heteroatoms. The zero-order chi connectivity index (χ0) is 18.6. The van der Waals surface area contributed by atoms with Crippen LogP contribution in [0.25, 0.3) is 0 Å². The van der Waals surface area contributed by atoms with Gasteiger partial charge in [0.2, 0.25) is 10.0 Å². The van der Waals surface area contributed by atoms with Gasteiger partial charge >= 0.3 is 0 Å². The largest absolute Gasteiger partial charge is 0.493 e. The first-order valence-electron chi connectivity index (χ1n) is 8.51. The predicted molar refractivity (Wildman–Crippen MR) is 103 cm³/mol. The molecule has 0 unspecified atom stereocenters. The Bertz CT molecular complexity index is 814. The number of piperazine rings is 1. The van der Waals surface area contributed by atoms with Crippen molar-refractivity contribution in [1.82, 2.24) is 9.21 Å². The number of hydrogen-bond acceptors (Lipinski definition) is 6. The molecule has 26 heavy (non-hydrogen) atoms. The van der Waals surface area contributed by atoms with E-state index >= 15 is 0 Å². The molecule has 1 aliphatic heterocycles. The van der Waals surface area contributed by atoms with Crippen LogP contribution in [-0.4, -0.2) is 64.6 Å². The summed E-state index contributed by atoms with van der Waals surface area (Å²) >= 11 is 1.76. The molecule has 0 atom stereocenters. The van der Waals surface area contributed by atoms with E-state index < -0.39 is 10.0 Å². The van der Waals surface area contributed by atoms with Gasteiger partial charge in [0, 0.05) is 43.7 Å². The van der Waals surface area contributed by atoms with Crippen molar-refractivity contribution < 1.29 is 17.9 Å². The first-order valence-corrected chi connectivity index (χ1v) is 10.8. The molecule has 6 nitrogen and oxygen atoms in total. The lowest BCUT2D eigenvalue weighted by Crippen LogP contribution is -2.48. The second-order valence-electron chi connectivity index (χ2n) is 6.09. The van der Waals surface area contributed by atoms with E-state index in [1.807, 2.05) is 0 Å². The number of nitrogens with zero attached hydrogens (tertiary/aromatic N) is 2. The SMILES string of the molecule is COc1ccc(S(=O)(=O)N2CCN(CCc3cccs3)CC2)cc1OC. The maximum Gasteiger partial charge on any atom is 0.243 e. The molecule has 0 bridgehead atoms. The number of ether oxygens (including phenoxy) is 2. The van der Waals surface area contributed by atoms with E-state index in [1.165, 1.54) is 25.2 Å². The minimum atomic E-state index is -3.53. The zero-order valence-corrected chi connectivity index (χ0v) is 16.7. The zero-order valence-electron chi connectivity index (χ0n) is 15.1. The van der Waals surface area contributed by atoms with Gasteiger partial charge < -0.3 is 14.4 Å². The third kappa shape index (κ3) is 4.20. The van der Waals surface area contributed by atoms with Crippen molar-refractivity contribution in [3.05, 3.63) is 40.6 Å². The van der Waals surface area contributed by atoms with Gasteiger partial charge in [-0.3, -0.25) is 0 Å². The fourth-order valence-corrected chi connectivity index (χ4v) is 5.18. The van der Waals surface area contributed by atoms with E-state index in [2.05, 4.69) is 22.4 Å². The van der Waals surface area contributed by atoms with Crippen LogP contribution in [0.5, 0.6) is 11.5 Å². The fraction of sp³-hybridized carbons (Fsp3) is 0.444. The average Bonchev–Trinajstić information content (AvgIpc) is 3.19. The molecule has 142 valence electrons. The van der Waals surface area contributed by atoms with Gasteiger partial charge in [-0.25, -0.2) is 8.42 Å². The van der Waals surface area contributed by atoms with Crippen LogP contribution in [0.1, 0.15) is 4.88 Å². The Balaban J connectivity index is 1.62. The van der Waals surface area contributed by atoms with Crippen molar-refractivity contribution in [2.24, 2.45) is 0 Å². The summed E-state index contributed by atoms with van der Waals surface area (Å²) in [6.45, 7) is 3.46. The van der Waals surface area contributed by atoms with Crippen molar-refractivity contribution in [3.63, 3.8) is 0 Å². The van der Waals surface area contributed by atoms with Gasteiger partial charge in [0.1, 0.15) is 0 Å². The molecule has 0 N–H and O–H groups in total. The number of methoxy groups -OCH3 is 2. The summed E-state index contributed by atoms with van der Waals surface area (Å²) in [6.07, 6.45) is 1.01. The summed E-state index contributed by atoms with van der Waals surface area (Å²) in [5.41, 5.74) is 0. The highest BCUT2D eigenvalue weighted by Gasteiger charge is 2.29. The van der Waals surface area contributed by atoms with Crippen molar-refractivity contribution >= 4 is 21.4 Å². The molecule has 1 fully saturated rings. The molecule has 3 rings (SSSR count). The summed E-state index contributed by atoms with van der Waals surface area (Å²) in [5, 5.41) is 2.09. The van der Waals surface area contributed by atoms with Gasteiger partial charge in [0.05, 0.1) is 19.1 Å². The molecule has 1 saturated heterocycles. The van der Waals surface area contributed by atoms with Crippen molar-refractivity contribution in [2.75, 3.05) is 46.9 Å². The molecular weight excluding hydrogens is 372 g/mol. The van der Waals surface area contributed by atoms with E-state index in [4.69, 9.17) is 9.47 Å². The molecule has 1 aliphatic rings. The molecule has 0 amide bonds. The third-order valence-electron chi connectivity index (χ3n) is 4.58. The maximum atomic E-state index is 12.9. The first kappa shape index (κ1) is 19.2. The lowest BCUT2D eigenvalue weighted by molar-refractivity contribution is 0.190. The Hall–Kier alpha value is -1.61. The van der Waals surface area contributed by atoms with E-state index in [9.17, 15) is 8.42 Å². The maximum absolute atomic E-state index is 12.9. The van der Waals surface area contributed by atoms with E-state index in [0.29, 0.717) is 24.6 Å². The van der Waals surface area contributed by atoms with Crippen LogP contribution in [0.2, 0.25) is 0 Å².